The van der Waals surface area contributed by atoms with Crippen molar-refractivity contribution >= 4 is 11.6 Å². The molecule has 0 fully saturated rings. The Bertz CT molecular complexity index is 572. The van der Waals surface area contributed by atoms with E-state index in [1.54, 1.807) is 6.07 Å². The van der Waals surface area contributed by atoms with Crippen LogP contribution in [0.5, 0.6) is 5.75 Å². The molecule has 0 radical (unpaired) electrons. The topological polar surface area (TPSA) is 35.2 Å². The van der Waals surface area contributed by atoms with E-state index in [4.69, 9.17) is 22.1 Å². The zero-order chi connectivity index (χ0) is 13.8. The minimum Gasteiger partial charge on any atom is -0.489 e. The Balaban J connectivity index is 2.10. The molecule has 0 saturated heterocycles. The lowest BCUT2D eigenvalue weighted by Gasteiger charge is -2.10. The van der Waals surface area contributed by atoms with Crippen molar-refractivity contribution in [2.45, 2.75) is 19.6 Å². The Morgan fingerprint density at radius 2 is 2.05 bits per heavy atom. The minimum absolute atomic E-state index is 0.0635. The molecule has 0 amide bonds. The number of benzene rings is 2. The summed E-state index contributed by atoms with van der Waals surface area (Å²) < 4.78 is 19.1. The summed E-state index contributed by atoms with van der Waals surface area (Å²) in [4.78, 5) is 0. The molecule has 0 aliphatic rings. The van der Waals surface area contributed by atoms with Gasteiger partial charge in [0.2, 0.25) is 0 Å². The summed E-state index contributed by atoms with van der Waals surface area (Å²) in [6.07, 6.45) is 0. The van der Waals surface area contributed by atoms with Crippen molar-refractivity contribution in [3.63, 3.8) is 0 Å². The van der Waals surface area contributed by atoms with Gasteiger partial charge in [-0.1, -0.05) is 23.7 Å². The van der Waals surface area contributed by atoms with Crippen molar-refractivity contribution < 1.29 is 9.13 Å². The van der Waals surface area contributed by atoms with E-state index in [0.717, 1.165) is 5.56 Å². The van der Waals surface area contributed by atoms with Crippen LogP contribution in [0.2, 0.25) is 5.02 Å². The Morgan fingerprint density at radius 3 is 2.79 bits per heavy atom. The fourth-order valence-electron chi connectivity index (χ4n) is 1.70. The van der Waals surface area contributed by atoms with Gasteiger partial charge in [0.1, 0.15) is 18.2 Å². The second kappa shape index (κ2) is 6.04. The van der Waals surface area contributed by atoms with Crippen LogP contribution in [0.15, 0.2) is 42.5 Å². The highest BCUT2D eigenvalue weighted by Gasteiger charge is 2.05. The van der Waals surface area contributed by atoms with Crippen molar-refractivity contribution in [1.29, 1.82) is 0 Å². The summed E-state index contributed by atoms with van der Waals surface area (Å²) in [6.45, 7) is 2.03. The van der Waals surface area contributed by atoms with Gasteiger partial charge in [-0.3, -0.25) is 0 Å². The molecule has 2 aromatic carbocycles. The average molecular weight is 280 g/mol. The zero-order valence-electron chi connectivity index (χ0n) is 10.6. The van der Waals surface area contributed by atoms with E-state index in [0.29, 0.717) is 16.3 Å². The quantitative estimate of drug-likeness (QED) is 0.915. The third-order valence-corrected chi connectivity index (χ3v) is 3.02. The highest BCUT2D eigenvalue weighted by molar-refractivity contribution is 6.30. The molecule has 2 N–H and O–H groups in total. The Hall–Kier alpha value is -1.58. The predicted molar refractivity (Wildman–Crippen MR) is 74.8 cm³/mol. The van der Waals surface area contributed by atoms with Crippen LogP contribution in [0.25, 0.3) is 0 Å². The number of halogens is 2. The summed E-state index contributed by atoms with van der Waals surface area (Å²) in [6, 6.07) is 11.8. The first kappa shape index (κ1) is 13.8. The van der Waals surface area contributed by atoms with Crippen LogP contribution in [-0.2, 0) is 6.61 Å². The average Bonchev–Trinajstić information content (AvgIpc) is 2.40. The first-order valence-corrected chi connectivity index (χ1v) is 6.36. The van der Waals surface area contributed by atoms with Gasteiger partial charge in [0.15, 0.2) is 0 Å². The fourth-order valence-corrected chi connectivity index (χ4v) is 1.90. The summed E-state index contributed by atoms with van der Waals surface area (Å²) in [5, 5.41) is 0.490. The lowest BCUT2D eigenvalue weighted by Crippen LogP contribution is -2.05. The molecule has 2 nitrogen and oxygen atoms in total. The van der Waals surface area contributed by atoms with E-state index >= 15 is 0 Å². The van der Waals surface area contributed by atoms with Crippen LogP contribution in [0.1, 0.15) is 24.1 Å². The largest absolute Gasteiger partial charge is 0.489 e. The SMILES string of the molecule is C[C@@H](N)c1cccc(OCc2cc(Cl)ccc2F)c1. The molecule has 0 aliphatic heterocycles. The summed E-state index contributed by atoms with van der Waals surface area (Å²) >= 11 is 5.83. The van der Waals surface area contributed by atoms with Crippen molar-refractivity contribution in [3.05, 3.63) is 64.4 Å². The van der Waals surface area contributed by atoms with E-state index in [-0.39, 0.29) is 18.5 Å². The lowest BCUT2D eigenvalue weighted by atomic mass is 10.1. The monoisotopic (exact) mass is 279 g/mol. The number of hydrogen-bond donors (Lipinski definition) is 1. The maximum absolute atomic E-state index is 13.5. The molecule has 100 valence electrons. The Kier molecular flexibility index (Phi) is 4.40. The third-order valence-electron chi connectivity index (χ3n) is 2.79. The predicted octanol–water partition coefficient (Wildman–Crippen LogP) is 4.08. The van der Waals surface area contributed by atoms with Crippen LogP contribution in [0.3, 0.4) is 0 Å². The number of rotatable bonds is 4. The molecule has 0 spiro atoms. The van der Waals surface area contributed by atoms with E-state index < -0.39 is 0 Å². The van der Waals surface area contributed by atoms with E-state index in [2.05, 4.69) is 0 Å². The Labute approximate surface area is 117 Å². The molecule has 0 unspecified atom stereocenters. The fraction of sp³-hybridized carbons (Fsp3) is 0.200. The molecular formula is C15H15ClFNO. The second-order valence-corrected chi connectivity index (χ2v) is 4.82. The molecule has 0 saturated carbocycles. The molecule has 1 atom stereocenters. The van der Waals surface area contributed by atoms with Gasteiger partial charge in [-0.05, 0) is 42.8 Å². The van der Waals surface area contributed by atoms with Crippen molar-refractivity contribution in [2.24, 2.45) is 5.73 Å². The zero-order valence-corrected chi connectivity index (χ0v) is 11.3. The standard InChI is InChI=1S/C15H15ClFNO/c1-10(18)11-3-2-4-14(8-11)19-9-12-7-13(16)5-6-15(12)17/h2-8,10H,9,18H2,1H3/t10-/m1/s1. The highest BCUT2D eigenvalue weighted by atomic mass is 35.5. The summed E-state index contributed by atoms with van der Waals surface area (Å²) in [5.74, 6) is 0.335. The number of nitrogens with two attached hydrogens (primary N) is 1. The molecule has 4 heteroatoms. The van der Waals surface area contributed by atoms with Gasteiger partial charge in [-0.15, -0.1) is 0 Å². The van der Waals surface area contributed by atoms with Crippen molar-refractivity contribution in [2.75, 3.05) is 0 Å². The molecule has 19 heavy (non-hydrogen) atoms. The molecular weight excluding hydrogens is 265 g/mol. The molecule has 0 heterocycles. The van der Waals surface area contributed by atoms with Crippen LogP contribution in [0, 0.1) is 5.82 Å². The van der Waals surface area contributed by atoms with Gasteiger partial charge < -0.3 is 10.5 Å². The van der Waals surface area contributed by atoms with Crippen molar-refractivity contribution in [3.8, 4) is 5.75 Å². The van der Waals surface area contributed by atoms with Gasteiger partial charge in [-0.25, -0.2) is 4.39 Å². The van der Waals surface area contributed by atoms with Crippen LogP contribution < -0.4 is 10.5 Å². The molecule has 0 aliphatic carbocycles. The maximum Gasteiger partial charge on any atom is 0.129 e. The van der Waals surface area contributed by atoms with E-state index in [9.17, 15) is 4.39 Å². The summed E-state index contributed by atoms with van der Waals surface area (Å²) in [5.41, 5.74) is 7.21. The van der Waals surface area contributed by atoms with E-state index in [1.807, 2.05) is 31.2 Å². The second-order valence-electron chi connectivity index (χ2n) is 4.39. The van der Waals surface area contributed by atoms with Gasteiger partial charge in [-0.2, -0.15) is 0 Å². The highest BCUT2D eigenvalue weighted by Crippen LogP contribution is 2.20. The first-order valence-electron chi connectivity index (χ1n) is 5.98. The summed E-state index contributed by atoms with van der Waals surface area (Å²) in [7, 11) is 0. The van der Waals surface area contributed by atoms with Crippen molar-refractivity contribution in [1.82, 2.24) is 0 Å². The van der Waals surface area contributed by atoms with Gasteiger partial charge >= 0.3 is 0 Å². The molecule has 2 aromatic rings. The van der Waals surface area contributed by atoms with Gasteiger partial charge in [0.05, 0.1) is 0 Å². The van der Waals surface area contributed by atoms with E-state index in [1.165, 1.54) is 12.1 Å². The molecule has 2 rings (SSSR count). The first-order chi connectivity index (χ1) is 9.06. The molecule has 0 bridgehead atoms. The number of hydrogen-bond acceptors (Lipinski definition) is 2. The van der Waals surface area contributed by atoms with Gasteiger partial charge in [0, 0.05) is 16.6 Å². The molecule has 0 aromatic heterocycles. The number of ether oxygens (including phenoxy) is 1. The smallest absolute Gasteiger partial charge is 0.129 e. The lowest BCUT2D eigenvalue weighted by molar-refractivity contribution is 0.299. The Morgan fingerprint density at radius 1 is 1.26 bits per heavy atom. The normalized spacial score (nSPS) is 12.2. The maximum atomic E-state index is 13.5. The van der Waals surface area contributed by atoms with Gasteiger partial charge in [0.25, 0.3) is 0 Å². The van der Waals surface area contributed by atoms with Crippen LogP contribution in [-0.4, -0.2) is 0 Å². The third kappa shape index (κ3) is 3.69. The van der Waals surface area contributed by atoms with Crippen LogP contribution in [0.4, 0.5) is 4.39 Å². The minimum atomic E-state index is -0.326. The van der Waals surface area contributed by atoms with Crippen LogP contribution >= 0.6 is 11.6 Å².